The fourth-order valence-corrected chi connectivity index (χ4v) is 2.62. The topological polar surface area (TPSA) is 50.4 Å². The van der Waals surface area contributed by atoms with E-state index in [0.29, 0.717) is 6.54 Å². The van der Waals surface area contributed by atoms with E-state index < -0.39 is 11.7 Å². The Labute approximate surface area is 135 Å². The normalized spacial score (nSPS) is 13.4. The summed E-state index contributed by atoms with van der Waals surface area (Å²) in [4.78, 5) is 12.6. The highest BCUT2D eigenvalue weighted by Gasteiger charge is 2.14. The second-order valence-electron chi connectivity index (χ2n) is 5.63. The van der Waals surface area contributed by atoms with Crippen LogP contribution in [0.2, 0.25) is 4.34 Å². The molecule has 2 N–H and O–H groups in total. The Hall–Kier alpha value is -1.04. The molecule has 1 aromatic heterocycles. The van der Waals surface area contributed by atoms with Gasteiger partial charge in [0, 0.05) is 24.0 Å². The van der Waals surface area contributed by atoms with Gasteiger partial charge in [-0.2, -0.15) is 0 Å². The lowest BCUT2D eigenvalue weighted by Crippen LogP contribution is -2.32. The minimum absolute atomic E-state index is 0.256. The molecule has 0 saturated carbocycles. The van der Waals surface area contributed by atoms with Crippen LogP contribution in [0.15, 0.2) is 24.3 Å². The minimum atomic E-state index is -0.466. The Balaban J connectivity index is 2.16. The van der Waals surface area contributed by atoms with Gasteiger partial charge in [-0.1, -0.05) is 23.8 Å². The fourth-order valence-electron chi connectivity index (χ4n) is 1.53. The standard InChI is InChI=1S/C15H23ClN2O2S/c1-11(12-7-8-13(16)21-12)17-9-5-6-10-18-14(19)20-15(2,3)4/h5-8,11,17H,9-10H2,1-4H3,(H,18,19)/b6-5+. The molecule has 1 unspecified atom stereocenters. The van der Waals surface area contributed by atoms with Crippen LogP contribution in [0.1, 0.15) is 38.6 Å². The number of carbonyl (C=O) groups is 1. The van der Waals surface area contributed by atoms with Crippen LogP contribution in [0.5, 0.6) is 0 Å². The minimum Gasteiger partial charge on any atom is -0.444 e. The fraction of sp³-hybridized carbons (Fsp3) is 0.533. The predicted molar refractivity (Wildman–Crippen MR) is 89.1 cm³/mol. The Morgan fingerprint density at radius 2 is 2.05 bits per heavy atom. The summed E-state index contributed by atoms with van der Waals surface area (Å²) in [5.41, 5.74) is -0.466. The van der Waals surface area contributed by atoms with Gasteiger partial charge >= 0.3 is 6.09 Å². The molecule has 1 heterocycles. The number of halogens is 1. The number of thiophene rings is 1. The molecule has 0 bridgehead atoms. The summed E-state index contributed by atoms with van der Waals surface area (Å²) < 4.78 is 5.93. The number of alkyl carbamates (subject to hydrolysis) is 1. The van der Waals surface area contributed by atoms with Gasteiger partial charge < -0.3 is 15.4 Å². The van der Waals surface area contributed by atoms with Crippen molar-refractivity contribution in [2.75, 3.05) is 13.1 Å². The van der Waals surface area contributed by atoms with E-state index in [9.17, 15) is 4.79 Å². The van der Waals surface area contributed by atoms with Crippen molar-refractivity contribution in [3.8, 4) is 0 Å². The molecule has 0 fully saturated rings. The summed E-state index contributed by atoms with van der Waals surface area (Å²) >= 11 is 7.49. The van der Waals surface area contributed by atoms with Crippen LogP contribution in [0.4, 0.5) is 4.79 Å². The van der Waals surface area contributed by atoms with Gasteiger partial charge in [-0.05, 0) is 39.8 Å². The van der Waals surface area contributed by atoms with Crippen molar-refractivity contribution >= 4 is 29.0 Å². The summed E-state index contributed by atoms with van der Waals surface area (Å²) in [6, 6.07) is 4.18. The number of hydrogen-bond donors (Lipinski definition) is 2. The summed E-state index contributed by atoms with van der Waals surface area (Å²) in [6.45, 7) is 8.79. The summed E-state index contributed by atoms with van der Waals surface area (Å²) in [5, 5.41) is 6.03. The van der Waals surface area contributed by atoms with Gasteiger partial charge in [-0.25, -0.2) is 4.79 Å². The first kappa shape index (κ1) is 18.0. The van der Waals surface area contributed by atoms with Crippen molar-refractivity contribution in [2.45, 2.75) is 39.3 Å². The maximum absolute atomic E-state index is 11.4. The number of hydrogen-bond acceptors (Lipinski definition) is 4. The molecular formula is C15H23ClN2O2S. The molecular weight excluding hydrogens is 308 g/mol. The summed E-state index contributed by atoms with van der Waals surface area (Å²) in [5.74, 6) is 0. The predicted octanol–water partition coefficient (Wildman–Crippen LogP) is 4.13. The first-order valence-corrected chi connectivity index (χ1v) is 8.08. The monoisotopic (exact) mass is 330 g/mol. The van der Waals surface area contributed by atoms with Gasteiger partial charge in [-0.3, -0.25) is 0 Å². The Kier molecular flexibility index (Phi) is 7.22. The second-order valence-corrected chi connectivity index (χ2v) is 7.37. The molecule has 0 aliphatic rings. The smallest absolute Gasteiger partial charge is 0.407 e. The molecule has 118 valence electrons. The zero-order valence-electron chi connectivity index (χ0n) is 12.9. The molecule has 1 rings (SSSR count). The third kappa shape index (κ3) is 8.09. The van der Waals surface area contributed by atoms with Gasteiger partial charge in [0.1, 0.15) is 5.60 Å². The molecule has 1 atom stereocenters. The first-order chi connectivity index (χ1) is 9.78. The van der Waals surface area contributed by atoms with Crippen molar-refractivity contribution in [1.82, 2.24) is 10.6 Å². The summed E-state index contributed by atoms with van der Waals surface area (Å²) in [7, 11) is 0. The largest absolute Gasteiger partial charge is 0.444 e. The SMILES string of the molecule is CC(NC/C=C/CNC(=O)OC(C)(C)C)c1ccc(Cl)s1. The Morgan fingerprint density at radius 1 is 1.38 bits per heavy atom. The average Bonchev–Trinajstić information content (AvgIpc) is 2.78. The third-order valence-corrected chi connectivity index (χ3v) is 3.91. The highest BCUT2D eigenvalue weighted by atomic mass is 35.5. The van der Waals surface area contributed by atoms with Gasteiger partial charge in [0.15, 0.2) is 0 Å². The van der Waals surface area contributed by atoms with E-state index in [1.165, 1.54) is 4.88 Å². The van der Waals surface area contributed by atoms with Crippen LogP contribution in [0.3, 0.4) is 0 Å². The molecule has 4 nitrogen and oxygen atoms in total. The van der Waals surface area contributed by atoms with Crippen LogP contribution in [-0.2, 0) is 4.74 Å². The zero-order valence-corrected chi connectivity index (χ0v) is 14.5. The zero-order chi connectivity index (χ0) is 15.9. The second kappa shape index (κ2) is 8.41. The maximum Gasteiger partial charge on any atom is 0.407 e. The molecule has 1 aromatic rings. The Bertz CT molecular complexity index is 480. The molecule has 0 radical (unpaired) electrons. The van der Waals surface area contributed by atoms with Gasteiger partial charge in [0.25, 0.3) is 0 Å². The van der Waals surface area contributed by atoms with Crippen molar-refractivity contribution in [2.24, 2.45) is 0 Å². The van der Waals surface area contributed by atoms with Crippen molar-refractivity contribution in [3.05, 3.63) is 33.5 Å². The van der Waals surface area contributed by atoms with Gasteiger partial charge in [0.05, 0.1) is 4.34 Å². The highest BCUT2D eigenvalue weighted by molar-refractivity contribution is 7.16. The quantitative estimate of drug-likeness (QED) is 0.771. The molecule has 0 spiro atoms. The van der Waals surface area contributed by atoms with Crippen LogP contribution in [0, 0.1) is 0 Å². The first-order valence-electron chi connectivity index (χ1n) is 6.88. The molecule has 21 heavy (non-hydrogen) atoms. The van der Waals surface area contributed by atoms with Crippen molar-refractivity contribution in [3.63, 3.8) is 0 Å². The van der Waals surface area contributed by atoms with E-state index in [2.05, 4.69) is 17.6 Å². The number of amides is 1. The molecule has 0 aliphatic heterocycles. The lowest BCUT2D eigenvalue weighted by molar-refractivity contribution is 0.0534. The molecule has 0 saturated heterocycles. The van der Waals surface area contributed by atoms with E-state index in [4.69, 9.17) is 16.3 Å². The lowest BCUT2D eigenvalue weighted by Gasteiger charge is -2.19. The molecule has 0 aromatic carbocycles. The van der Waals surface area contributed by atoms with Crippen LogP contribution >= 0.6 is 22.9 Å². The average molecular weight is 331 g/mol. The lowest BCUT2D eigenvalue weighted by atomic mass is 10.2. The van der Waals surface area contributed by atoms with E-state index in [1.807, 2.05) is 45.1 Å². The maximum atomic E-state index is 11.4. The van der Waals surface area contributed by atoms with Gasteiger partial charge in [-0.15, -0.1) is 11.3 Å². The number of carbonyl (C=O) groups excluding carboxylic acids is 1. The molecule has 0 aliphatic carbocycles. The van der Waals surface area contributed by atoms with Crippen LogP contribution in [0.25, 0.3) is 0 Å². The summed E-state index contributed by atoms with van der Waals surface area (Å²) in [6.07, 6.45) is 3.47. The highest BCUT2D eigenvalue weighted by Crippen LogP contribution is 2.26. The Morgan fingerprint density at radius 3 is 2.62 bits per heavy atom. The van der Waals surface area contributed by atoms with Crippen LogP contribution in [-0.4, -0.2) is 24.8 Å². The van der Waals surface area contributed by atoms with E-state index in [0.717, 1.165) is 10.9 Å². The van der Waals surface area contributed by atoms with E-state index >= 15 is 0 Å². The molecule has 6 heteroatoms. The number of rotatable bonds is 6. The van der Waals surface area contributed by atoms with Crippen molar-refractivity contribution in [1.29, 1.82) is 0 Å². The van der Waals surface area contributed by atoms with E-state index in [-0.39, 0.29) is 6.04 Å². The number of nitrogens with one attached hydrogen (secondary N) is 2. The third-order valence-electron chi connectivity index (χ3n) is 2.49. The van der Waals surface area contributed by atoms with Gasteiger partial charge in [0.2, 0.25) is 0 Å². The van der Waals surface area contributed by atoms with Crippen molar-refractivity contribution < 1.29 is 9.53 Å². The van der Waals surface area contributed by atoms with Crippen LogP contribution < -0.4 is 10.6 Å². The number of ether oxygens (including phenoxy) is 1. The van der Waals surface area contributed by atoms with E-state index in [1.54, 1.807) is 11.3 Å². The molecule has 1 amide bonds.